The van der Waals surface area contributed by atoms with Crippen LogP contribution >= 0.6 is 0 Å². The number of carbonyl (C=O) groups excluding carboxylic acids is 1. The Morgan fingerprint density at radius 1 is 1.65 bits per heavy atom. The SMILES string of the molecule is CN(CCC#N)C(=O)CN1CCC(CCO)C1. The van der Waals surface area contributed by atoms with Crippen molar-refractivity contribution in [1.29, 1.82) is 5.26 Å². The molecule has 1 N–H and O–H groups in total. The number of nitriles is 1. The minimum atomic E-state index is 0.0740. The van der Waals surface area contributed by atoms with Gasteiger partial charge in [-0.2, -0.15) is 5.26 Å². The summed E-state index contributed by atoms with van der Waals surface area (Å²) >= 11 is 0. The van der Waals surface area contributed by atoms with E-state index >= 15 is 0 Å². The number of rotatable bonds is 6. The summed E-state index contributed by atoms with van der Waals surface area (Å²) in [4.78, 5) is 15.5. The summed E-state index contributed by atoms with van der Waals surface area (Å²) in [5, 5.41) is 17.3. The van der Waals surface area contributed by atoms with Gasteiger partial charge in [0.1, 0.15) is 0 Å². The monoisotopic (exact) mass is 239 g/mol. The number of nitrogens with zero attached hydrogens (tertiary/aromatic N) is 3. The molecule has 1 saturated heterocycles. The molecule has 0 bridgehead atoms. The number of likely N-dealkylation sites (tertiary alicyclic amines) is 1. The van der Waals surface area contributed by atoms with Crippen LogP contribution in [-0.2, 0) is 4.79 Å². The van der Waals surface area contributed by atoms with Crippen molar-refractivity contribution in [2.45, 2.75) is 19.3 Å². The maximum absolute atomic E-state index is 11.8. The minimum absolute atomic E-state index is 0.0740. The molecule has 0 radical (unpaired) electrons. The minimum Gasteiger partial charge on any atom is -0.396 e. The smallest absolute Gasteiger partial charge is 0.236 e. The van der Waals surface area contributed by atoms with Gasteiger partial charge >= 0.3 is 0 Å². The van der Waals surface area contributed by atoms with E-state index in [0.717, 1.165) is 25.9 Å². The summed E-state index contributed by atoms with van der Waals surface area (Å²) < 4.78 is 0. The van der Waals surface area contributed by atoms with Crippen LogP contribution in [0, 0.1) is 17.2 Å². The second kappa shape index (κ2) is 7.25. The predicted octanol–water partition coefficient (Wildman–Crippen LogP) is 0.0628. The quantitative estimate of drug-likeness (QED) is 0.712. The van der Waals surface area contributed by atoms with Crippen molar-refractivity contribution < 1.29 is 9.90 Å². The highest BCUT2D eigenvalue weighted by atomic mass is 16.3. The van der Waals surface area contributed by atoms with Crippen LogP contribution in [0.1, 0.15) is 19.3 Å². The number of carbonyl (C=O) groups is 1. The number of aliphatic hydroxyl groups excluding tert-OH is 1. The Kier molecular flexibility index (Phi) is 5.95. The van der Waals surface area contributed by atoms with Gasteiger partial charge in [-0.15, -0.1) is 0 Å². The van der Waals surface area contributed by atoms with Gasteiger partial charge in [0.05, 0.1) is 19.0 Å². The molecule has 0 saturated carbocycles. The van der Waals surface area contributed by atoms with Crippen molar-refractivity contribution in [2.75, 3.05) is 39.8 Å². The Morgan fingerprint density at radius 2 is 2.41 bits per heavy atom. The number of likely N-dealkylation sites (N-methyl/N-ethyl adjacent to an activating group) is 1. The fourth-order valence-electron chi connectivity index (χ4n) is 2.13. The Morgan fingerprint density at radius 3 is 3.06 bits per heavy atom. The van der Waals surface area contributed by atoms with Crippen molar-refractivity contribution in [3.05, 3.63) is 0 Å². The molecule has 1 heterocycles. The molecule has 0 aliphatic carbocycles. The third-order valence-corrected chi connectivity index (χ3v) is 3.25. The summed E-state index contributed by atoms with van der Waals surface area (Å²) in [5.74, 6) is 0.599. The summed E-state index contributed by atoms with van der Waals surface area (Å²) in [6.07, 6.45) is 2.28. The lowest BCUT2D eigenvalue weighted by Crippen LogP contribution is -2.37. The molecule has 0 spiro atoms. The third kappa shape index (κ3) is 4.72. The van der Waals surface area contributed by atoms with Gasteiger partial charge in [0.15, 0.2) is 0 Å². The van der Waals surface area contributed by atoms with Gasteiger partial charge in [-0.25, -0.2) is 0 Å². The summed E-state index contributed by atoms with van der Waals surface area (Å²) in [6, 6.07) is 2.04. The molecule has 0 aromatic rings. The molecule has 1 aliphatic heterocycles. The van der Waals surface area contributed by atoms with Crippen LogP contribution in [-0.4, -0.2) is 60.6 Å². The van der Waals surface area contributed by atoms with Crippen LogP contribution in [0.4, 0.5) is 0 Å². The maximum Gasteiger partial charge on any atom is 0.236 e. The van der Waals surface area contributed by atoms with Crippen LogP contribution in [0.15, 0.2) is 0 Å². The van der Waals surface area contributed by atoms with E-state index in [2.05, 4.69) is 4.90 Å². The Balaban J connectivity index is 2.25. The lowest BCUT2D eigenvalue weighted by atomic mass is 10.1. The van der Waals surface area contributed by atoms with Crippen LogP contribution in [0.2, 0.25) is 0 Å². The van der Waals surface area contributed by atoms with Gasteiger partial charge in [-0.05, 0) is 25.3 Å². The first kappa shape index (κ1) is 13.9. The van der Waals surface area contributed by atoms with Crippen molar-refractivity contribution >= 4 is 5.91 Å². The van der Waals surface area contributed by atoms with Crippen LogP contribution in [0.25, 0.3) is 0 Å². The van der Waals surface area contributed by atoms with Crippen molar-refractivity contribution in [3.63, 3.8) is 0 Å². The van der Waals surface area contributed by atoms with Gasteiger partial charge < -0.3 is 10.0 Å². The van der Waals surface area contributed by atoms with E-state index in [1.807, 2.05) is 6.07 Å². The average molecular weight is 239 g/mol. The zero-order valence-electron chi connectivity index (χ0n) is 10.4. The molecule has 5 heteroatoms. The summed E-state index contributed by atoms with van der Waals surface area (Å²) in [5.41, 5.74) is 0. The first-order valence-electron chi connectivity index (χ1n) is 6.11. The standard InChI is InChI=1S/C12H21N3O2/c1-14(6-2-5-13)12(17)10-15-7-3-11(9-15)4-8-16/h11,16H,2-4,6-10H2,1H3. The number of amides is 1. The van der Waals surface area contributed by atoms with E-state index in [9.17, 15) is 4.79 Å². The van der Waals surface area contributed by atoms with Gasteiger partial charge in [0, 0.05) is 26.7 Å². The number of hydrogen-bond donors (Lipinski definition) is 1. The first-order valence-corrected chi connectivity index (χ1v) is 6.11. The van der Waals surface area contributed by atoms with Gasteiger partial charge in [0.2, 0.25) is 5.91 Å². The molecule has 1 atom stereocenters. The molecule has 1 rings (SSSR count). The highest BCUT2D eigenvalue weighted by Crippen LogP contribution is 2.18. The summed E-state index contributed by atoms with van der Waals surface area (Å²) in [6.45, 7) is 3.00. The number of aliphatic hydroxyl groups is 1. The van der Waals surface area contributed by atoms with E-state index in [1.54, 1.807) is 11.9 Å². The molecule has 17 heavy (non-hydrogen) atoms. The van der Waals surface area contributed by atoms with Gasteiger partial charge in [0.25, 0.3) is 0 Å². The van der Waals surface area contributed by atoms with Gasteiger partial charge in [-0.3, -0.25) is 9.69 Å². The maximum atomic E-state index is 11.8. The van der Waals surface area contributed by atoms with E-state index in [1.165, 1.54) is 0 Å². The lowest BCUT2D eigenvalue weighted by Gasteiger charge is -2.20. The Labute approximate surface area is 103 Å². The molecular formula is C12H21N3O2. The lowest BCUT2D eigenvalue weighted by molar-refractivity contribution is -0.130. The highest BCUT2D eigenvalue weighted by Gasteiger charge is 2.24. The van der Waals surface area contributed by atoms with E-state index < -0.39 is 0 Å². The molecule has 0 aromatic carbocycles. The van der Waals surface area contributed by atoms with Crippen LogP contribution < -0.4 is 0 Å². The molecule has 1 fully saturated rings. The van der Waals surface area contributed by atoms with Crippen LogP contribution in [0.5, 0.6) is 0 Å². The molecule has 1 aliphatic rings. The molecule has 96 valence electrons. The molecule has 5 nitrogen and oxygen atoms in total. The van der Waals surface area contributed by atoms with Gasteiger partial charge in [-0.1, -0.05) is 0 Å². The van der Waals surface area contributed by atoms with Crippen molar-refractivity contribution in [1.82, 2.24) is 9.80 Å². The molecule has 1 unspecified atom stereocenters. The summed E-state index contributed by atoms with van der Waals surface area (Å²) in [7, 11) is 1.74. The average Bonchev–Trinajstić information content (AvgIpc) is 2.74. The van der Waals surface area contributed by atoms with Crippen molar-refractivity contribution in [2.24, 2.45) is 5.92 Å². The zero-order valence-corrected chi connectivity index (χ0v) is 10.4. The first-order chi connectivity index (χ1) is 8.17. The second-order valence-electron chi connectivity index (χ2n) is 4.63. The second-order valence-corrected chi connectivity index (χ2v) is 4.63. The van der Waals surface area contributed by atoms with E-state index in [4.69, 9.17) is 10.4 Å². The topological polar surface area (TPSA) is 67.6 Å². The molecule has 0 aromatic heterocycles. The highest BCUT2D eigenvalue weighted by molar-refractivity contribution is 5.78. The third-order valence-electron chi connectivity index (χ3n) is 3.25. The predicted molar refractivity (Wildman–Crippen MR) is 64.1 cm³/mol. The zero-order chi connectivity index (χ0) is 12.7. The fourth-order valence-corrected chi connectivity index (χ4v) is 2.13. The van der Waals surface area contributed by atoms with E-state index in [0.29, 0.717) is 25.4 Å². The van der Waals surface area contributed by atoms with Crippen LogP contribution in [0.3, 0.4) is 0 Å². The molecular weight excluding hydrogens is 218 g/mol. The Bertz CT molecular complexity index is 288. The fraction of sp³-hybridized carbons (Fsp3) is 0.833. The molecule has 1 amide bonds. The Hall–Kier alpha value is -1.12. The normalized spacial score (nSPS) is 20.2. The van der Waals surface area contributed by atoms with E-state index in [-0.39, 0.29) is 12.5 Å². The largest absolute Gasteiger partial charge is 0.396 e. The van der Waals surface area contributed by atoms with Crippen molar-refractivity contribution in [3.8, 4) is 6.07 Å². The number of hydrogen-bond acceptors (Lipinski definition) is 4.